The van der Waals surface area contributed by atoms with Crippen LogP contribution in [0.1, 0.15) is 19.3 Å². The van der Waals surface area contributed by atoms with Gasteiger partial charge in [0, 0.05) is 0 Å². The van der Waals surface area contributed by atoms with Gasteiger partial charge in [0.15, 0.2) is 0 Å². The molecule has 2 bridgehead atoms. The van der Waals surface area contributed by atoms with Gasteiger partial charge in [-0.05, 0) is 49.0 Å². The Morgan fingerprint density at radius 3 is 2.64 bits per heavy atom. The van der Waals surface area contributed by atoms with E-state index in [0.29, 0.717) is 0 Å². The maximum Gasteiger partial charge on any atom is -0.00428 e. The summed E-state index contributed by atoms with van der Waals surface area (Å²) in [5.74, 6) is 2.62. The van der Waals surface area contributed by atoms with Crippen LogP contribution in [0.2, 0.25) is 0 Å². The highest BCUT2D eigenvalue weighted by Crippen LogP contribution is 2.69. The number of hydrogen-bond donors (Lipinski definition) is 1. The van der Waals surface area contributed by atoms with Crippen molar-refractivity contribution in [3.63, 3.8) is 0 Å². The smallest absolute Gasteiger partial charge is 0.00428 e. The van der Waals surface area contributed by atoms with Crippen LogP contribution in [-0.2, 0) is 0 Å². The van der Waals surface area contributed by atoms with Crippen molar-refractivity contribution in [2.24, 2.45) is 28.9 Å². The lowest BCUT2D eigenvalue weighted by molar-refractivity contribution is 0.366. The quantitative estimate of drug-likeness (QED) is 0.562. The molecule has 2 N–H and O–H groups in total. The molecular weight excluding hydrogens is 134 g/mol. The third-order valence-electron chi connectivity index (χ3n) is 4.15. The van der Waals surface area contributed by atoms with Crippen molar-refractivity contribution in [1.29, 1.82) is 0 Å². The van der Waals surface area contributed by atoms with Crippen LogP contribution >= 0.6 is 0 Å². The monoisotopic (exact) mass is 149 g/mol. The topological polar surface area (TPSA) is 26.0 Å². The molecule has 0 saturated heterocycles. The Balaban J connectivity index is 1.95. The van der Waals surface area contributed by atoms with Crippen molar-refractivity contribution >= 4 is 0 Å². The van der Waals surface area contributed by atoms with E-state index in [4.69, 9.17) is 5.73 Å². The lowest BCUT2D eigenvalue weighted by Crippen LogP contribution is -2.20. The molecular formula is C10H15N. The first-order chi connectivity index (χ1) is 5.37. The van der Waals surface area contributed by atoms with Gasteiger partial charge in [0.25, 0.3) is 0 Å². The molecule has 2 fully saturated rings. The van der Waals surface area contributed by atoms with Crippen LogP contribution in [0.25, 0.3) is 0 Å². The van der Waals surface area contributed by atoms with Crippen molar-refractivity contribution < 1.29 is 0 Å². The van der Waals surface area contributed by atoms with E-state index in [1.54, 1.807) is 0 Å². The Hall–Kier alpha value is -0.300. The van der Waals surface area contributed by atoms with Crippen LogP contribution in [0.3, 0.4) is 0 Å². The lowest BCUT2D eigenvalue weighted by atomic mass is 9.89. The first kappa shape index (κ1) is 6.24. The predicted molar refractivity (Wildman–Crippen MR) is 44.9 cm³/mol. The van der Waals surface area contributed by atoms with Gasteiger partial charge in [0.1, 0.15) is 0 Å². The minimum absolute atomic E-state index is 0.754. The first-order valence-electron chi connectivity index (χ1n) is 4.75. The lowest BCUT2D eigenvalue weighted by Gasteiger charge is -2.17. The van der Waals surface area contributed by atoms with Gasteiger partial charge < -0.3 is 5.73 Å². The van der Waals surface area contributed by atoms with Crippen LogP contribution in [0.4, 0.5) is 0 Å². The molecule has 0 unspecified atom stereocenters. The fourth-order valence-electron chi connectivity index (χ4n) is 3.39. The predicted octanol–water partition coefficient (Wildman–Crippen LogP) is 1.55. The highest BCUT2D eigenvalue weighted by molar-refractivity contribution is 5.26. The maximum absolute atomic E-state index is 5.74. The molecule has 0 radical (unpaired) electrons. The number of rotatable bonds is 1. The number of allylic oxidation sites excluding steroid dienone is 2. The van der Waals surface area contributed by atoms with Gasteiger partial charge in [-0.15, -0.1) is 0 Å². The maximum atomic E-state index is 5.74. The van der Waals surface area contributed by atoms with E-state index in [-0.39, 0.29) is 0 Å². The minimum Gasteiger partial charge on any atom is -0.330 e. The van der Waals surface area contributed by atoms with Gasteiger partial charge >= 0.3 is 0 Å². The molecule has 3 atom stereocenters. The zero-order chi connectivity index (χ0) is 7.47. The second-order valence-electron chi connectivity index (χ2n) is 4.48. The van der Waals surface area contributed by atoms with E-state index in [1.807, 2.05) is 0 Å². The molecule has 2 saturated carbocycles. The summed E-state index contributed by atoms with van der Waals surface area (Å²) >= 11 is 0. The van der Waals surface area contributed by atoms with E-state index < -0.39 is 0 Å². The van der Waals surface area contributed by atoms with Gasteiger partial charge in [-0.25, -0.2) is 0 Å². The summed E-state index contributed by atoms with van der Waals surface area (Å²) < 4.78 is 0. The summed E-state index contributed by atoms with van der Waals surface area (Å²) in [5.41, 5.74) is 6.49. The average Bonchev–Trinajstić information content (AvgIpc) is 2.69. The molecule has 3 aliphatic carbocycles. The van der Waals surface area contributed by atoms with Crippen LogP contribution < -0.4 is 5.73 Å². The summed E-state index contributed by atoms with van der Waals surface area (Å²) in [6.07, 6.45) is 9.23. The van der Waals surface area contributed by atoms with Gasteiger partial charge in [0.2, 0.25) is 0 Å². The molecule has 0 aromatic heterocycles. The van der Waals surface area contributed by atoms with Gasteiger partial charge in [-0.3, -0.25) is 0 Å². The van der Waals surface area contributed by atoms with Crippen LogP contribution in [-0.4, -0.2) is 6.54 Å². The molecule has 0 amide bonds. The molecule has 11 heavy (non-hydrogen) atoms. The van der Waals surface area contributed by atoms with Crippen LogP contribution in [0, 0.1) is 23.2 Å². The van der Waals surface area contributed by atoms with Gasteiger partial charge in [-0.1, -0.05) is 12.2 Å². The van der Waals surface area contributed by atoms with Gasteiger partial charge in [0.05, 0.1) is 0 Å². The summed E-state index contributed by atoms with van der Waals surface area (Å²) in [5, 5.41) is 0. The minimum atomic E-state index is 0.754. The van der Waals surface area contributed by atoms with E-state index in [0.717, 1.165) is 29.7 Å². The normalized spacial score (nSPS) is 49.0. The van der Waals surface area contributed by atoms with Crippen molar-refractivity contribution in [2.75, 3.05) is 6.54 Å². The second kappa shape index (κ2) is 1.71. The van der Waals surface area contributed by atoms with E-state index >= 15 is 0 Å². The number of hydrogen-bond acceptors (Lipinski definition) is 1. The molecule has 60 valence electrons. The third-order valence-corrected chi connectivity index (χ3v) is 4.15. The zero-order valence-electron chi connectivity index (χ0n) is 6.79. The zero-order valence-corrected chi connectivity index (χ0v) is 6.79. The molecule has 3 aliphatic rings. The molecule has 0 heterocycles. The van der Waals surface area contributed by atoms with Crippen molar-refractivity contribution in [1.82, 2.24) is 0 Å². The SMILES string of the molecule is NC[C@H]1C[C@H]2C=C[C@H]1C21CC1. The largest absolute Gasteiger partial charge is 0.330 e. The van der Waals surface area contributed by atoms with Crippen LogP contribution in [0.5, 0.6) is 0 Å². The highest BCUT2D eigenvalue weighted by Gasteiger charge is 2.62. The van der Waals surface area contributed by atoms with Crippen molar-refractivity contribution in [3.8, 4) is 0 Å². The van der Waals surface area contributed by atoms with Gasteiger partial charge in [-0.2, -0.15) is 0 Å². The molecule has 1 nitrogen and oxygen atoms in total. The molecule has 0 aliphatic heterocycles. The fourth-order valence-corrected chi connectivity index (χ4v) is 3.39. The van der Waals surface area contributed by atoms with Crippen LogP contribution in [0.15, 0.2) is 12.2 Å². The highest BCUT2D eigenvalue weighted by atomic mass is 14.7. The summed E-state index contributed by atoms with van der Waals surface area (Å²) in [4.78, 5) is 0. The molecule has 1 heteroatoms. The molecule has 3 rings (SSSR count). The Morgan fingerprint density at radius 1 is 1.36 bits per heavy atom. The molecule has 0 aromatic rings. The van der Waals surface area contributed by atoms with E-state index in [9.17, 15) is 0 Å². The summed E-state index contributed by atoms with van der Waals surface area (Å²) in [6.45, 7) is 0.910. The Bertz CT molecular complexity index is 215. The first-order valence-corrected chi connectivity index (χ1v) is 4.75. The third kappa shape index (κ3) is 0.572. The van der Waals surface area contributed by atoms with Crippen molar-refractivity contribution in [2.45, 2.75) is 19.3 Å². The fraction of sp³-hybridized carbons (Fsp3) is 0.800. The summed E-state index contributed by atoms with van der Waals surface area (Å²) in [7, 11) is 0. The standard InChI is InChI=1S/C10H15N/c11-6-7-5-8-1-2-9(7)10(8)3-4-10/h1-2,7-9H,3-6,11H2/t7-,8-,9-/m1/s1. The Kier molecular flexibility index (Phi) is 0.972. The van der Waals surface area contributed by atoms with E-state index in [2.05, 4.69) is 12.2 Å². The Morgan fingerprint density at radius 2 is 2.18 bits per heavy atom. The number of nitrogens with two attached hydrogens (primary N) is 1. The Labute approximate surface area is 67.7 Å². The molecule has 0 aromatic carbocycles. The second-order valence-corrected chi connectivity index (χ2v) is 4.48. The molecule has 1 spiro atoms. The summed E-state index contributed by atoms with van der Waals surface area (Å²) in [6, 6.07) is 0. The van der Waals surface area contributed by atoms with E-state index in [1.165, 1.54) is 19.3 Å². The van der Waals surface area contributed by atoms with Crippen molar-refractivity contribution in [3.05, 3.63) is 12.2 Å². The average molecular weight is 149 g/mol.